The molecule has 0 aliphatic carbocycles. The smallest absolute Gasteiger partial charge is 0.0964 e. The van der Waals surface area contributed by atoms with Gasteiger partial charge >= 0.3 is 0 Å². The summed E-state index contributed by atoms with van der Waals surface area (Å²) in [6.07, 6.45) is 5.55. The predicted octanol–water partition coefficient (Wildman–Crippen LogP) is 1.58. The van der Waals surface area contributed by atoms with Crippen molar-refractivity contribution in [3.63, 3.8) is 0 Å². The molecule has 1 heterocycles. The van der Waals surface area contributed by atoms with E-state index < -0.39 is 0 Å². The second-order valence-corrected chi connectivity index (χ2v) is 3.50. The fourth-order valence-electron chi connectivity index (χ4n) is 1.24. The molecule has 1 aromatic rings. The van der Waals surface area contributed by atoms with E-state index in [4.69, 9.17) is 0 Å². The minimum Gasteiger partial charge on any atom is -0.311 e. The first-order valence-electron chi connectivity index (χ1n) is 5.46. The Labute approximate surface area is 85.7 Å². The van der Waals surface area contributed by atoms with Crippen molar-refractivity contribution in [2.24, 2.45) is 0 Å². The Morgan fingerprint density at radius 1 is 1.36 bits per heavy atom. The Bertz CT molecular complexity index is 244. The first kappa shape index (κ1) is 11.2. The van der Waals surface area contributed by atoms with Gasteiger partial charge in [0.2, 0.25) is 0 Å². The summed E-state index contributed by atoms with van der Waals surface area (Å²) in [4.78, 5) is 0. The fraction of sp³-hybridized carbons (Fsp3) is 0.800. The molecule has 80 valence electrons. The maximum Gasteiger partial charge on any atom is 0.0964 e. The molecule has 1 aromatic heterocycles. The SMILES string of the molecule is CCCCn1cc(CNCCC)nn1. The van der Waals surface area contributed by atoms with Gasteiger partial charge < -0.3 is 5.32 Å². The van der Waals surface area contributed by atoms with Crippen LogP contribution in [-0.2, 0) is 13.1 Å². The Balaban J connectivity index is 2.27. The van der Waals surface area contributed by atoms with Crippen molar-refractivity contribution in [1.82, 2.24) is 20.3 Å². The van der Waals surface area contributed by atoms with Gasteiger partial charge in [0, 0.05) is 19.3 Å². The van der Waals surface area contributed by atoms with Gasteiger partial charge in [-0.15, -0.1) is 5.10 Å². The van der Waals surface area contributed by atoms with Crippen LogP contribution in [0.25, 0.3) is 0 Å². The van der Waals surface area contributed by atoms with E-state index in [1.165, 1.54) is 12.8 Å². The largest absolute Gasteiger partial charge is 0.311 e. The van der Waals surface area contributed by atoms with Crippen LogP contribution in [0.5, 0.6) is 0 Å². The third-order valence-electron chi connectivity index (χ3n) is 2.06. The quantitative estimate of drug-likeness (QED) is 0.673. The molecule has 0 aromatic carbocycles. The highest BCUT2D eigenvalue weighted by atomic mass is 15.4. The topological polar surface area (TPSA) is 42.7 Å². The Hall–Kier alpha value is -0.900. The summed E-state index contributed by atoms with van der Waals surface area (Å²) in [5, 5.41) is 11.5. The van der Waals surface area contributed by atoms with Gasteiger partial charge in [-0.1, -0.05) is 25.5 Å². The lowest BCUT2D eigenvalue weighted by Crippen LogP contribution is -2.13. The number of nitrogens with one attached hydrogen (secondary N) is 1. The average Bonchev–Trinajstić information content (AvgIpc) is 2.63. The van der Waals surface area contributed by atoms with E-state index in [0.717, 1.165) is 31.7 Å². The van der Waals surface area contributed by atoms with Crippen LogP contribution in [0.1, 0.15) is 38.8 Å². The first-order chi connectivity index (χ1) is 6.86. The number of nitrogens with zero attached hydrogens (tertiary/aromatic N) is 3. The Morgan fingerprint density at radius 2 is 2.21 bits per heavy atom. The van der Waals surface area contributed by atoms with Crippen LogP contribution < -0.4 is 5.32 Å². The lowest BCUT2D eigenvalue weighted by atomic mass is 10.3. The van der Waals surface area contributed by atoms with Crippen LogP contribution in [0, 0.1) is 0 Å². The van der Waals surface area contributed by atoms with E-state index in [-0.39, 0.29) is 0 Å². The maximum atomic E-state index is 4.09. The Morgan fingerprint density at radius 3 is 2.93 bits per heavy atom. The van der Waals surface area contributed by atoms with E-state index in [2.05, 4.69) is 29.5 Å². The summed E-state index contributed by atoms with van der Waals surface area (Å²) >= 11 is 0. The molecule has 0 fully saturated rings. The van der Waals surface area contributed by atoms with E-state index in [9.17, 15) is 0 Å². The number of hydrogen-bond acceptors (Lipinski definition) is 3. The zero-order valence-electron chi connectivity index (χ0n) is 9.16. The molecule has 0 unspecified atom stereocenters. The number of aromatic nitrogens is 3. The summed E-state index contributed by atoms with van der Waals surface area (Å²) in [5.74, 6) is 0. The molecule has 4 heteroatoms. The highest BCUT2D eigenvalue weighted by Crippen LogP contribution is 1.96. The highest BCUT2D eigenvalue weighted by Gasteiger charge is 1.98. The molecule has 0 radical (unpaired) electrons. The molecular formula is C10H20N4. The average molecular weight is 196 g/mol. The van der Waals surface area contributed by atoms with Gasteiger partial charge in [-0.3, -0.25) is 4.68 Å². The van der Waals surface area contributed by atoms with Gasteiger partial charge in [-0.05, 0) is 19.4 Å². The van der Waals surface area contributed by atoms with Gasteiger partial charge in [0.25, 0.3) is 0 Å². The minimum absolute atomic E-state index is 0.833. The van der Waals surface area contributed by atoms with E-state index >= 15 is 0 Å². The van der Waals surface area contributed by atoms with Crippen molar-refractivity contribution in [3.05, 3.63) is 11.9 Å². The maximum absolute atomic E-state index is 4.09. The number of hydrogen-bond donors (Lipinski definition) is 1. The van der Waals surface area contributed by atoms with Crippen LogP contribution in [0.15, 0.2) is 6.20 Å². The zero-order valence-corrected chi connectivity index (χ0v) is 9.16. The van der Waals surface area contributed by atoms with Crippen LogP contribution in [-0.4, -0.2) is 21.5 Å². The van der Waals surface area contributed by atoms with Crippen LogP contribution in [0.2, 0.25) is 0 Å². The van der Waals surface area contributed by atoms with Crippen molar-refractivity contribution < 1.29 is 0 Å². The second-order valence-electron chi connectivity index (χ2n) is 3.50. The summed E-state index contributed by atoms with van der Waals surface area (Å²) in [6, 6.07) is 0. The number of rotatable bonds is 7. The first-order valence-corrected chi connectivity index (χ1v) is 5.46. The summed E-state index contributed by atoms with van der Waals surface area (Å²) in [7, 11) is 0. The molecule has 0 spiro atoms. The standard InChI is InChI=1S/C10H20N4/c1-3-5-7-14-9-10(12-13-14)8-11-6-4-2/h9,11H,3-8H2,1-2H3. The van der Waals surface area contributed by atoms with Crippen LogP contribution in [0.3, 0.4) is 0 Å². The fourth-order valence-corrected chi connectivity index (χ4v) is 1.24. The predicted molar refractivity (Wildman–Crippen MR) is 56.9 cm³/mol. The Kier molecular flexibility index (Phi) is 5.22. The molecule has 4 nitrogen and oxygen atoms in total. The van der Waals surface area contributed by atoms with Gasteiger partial charge in [-0.2, -0.15) is 0 Å². The van der Waals surface area contributed by atoms with Crippen molar-refractivity contribution >= 4 is 0 Å². The van der Waals surface area contributed by atoms with E-state index in [0.29, 0.717) is 0 Å². The van der Waals surface area contributed by atoms with Crippen molar-refractivity contribution in [2.45, 2.75) is 46.2 Å². The van der Waals surface area contributed by atoms with Crippen molar-refractivity contribution in [2.75, 3.05) is 6.54 Å². The van der Waals surface area contributed by atoms with Crippen LogP contribution >= 0.6 is 0 Å². The third kappa shape index (κ3) is 3.87. The molecule has 1 N–H and O–H groups in total. The third-order valence-corrected chi connectivity index (χ3v) is 2.06. The molecule has 14 heavy (non-hydrogen) atoms. The molecule has 0 aliphatic rings. The number of aryl methyl sites for hydroxylation is 1. The summed E-state index contributed by atoms with van der Waals surface area (Å²) in [6.45, 7) is 7.20. The van der Waals surface area contributed by atoms with Gasteiger partial charge in [0.15, 0.2) is 0 Å². The van der Waals surface area contributed by atoms with Crippen molar-refractivity contribution in [1.29, 1.82) is 0 Å². The molecule has 0 aliphatic heterocycles. The molecule has 0 bridgehead atoms. The zero-order chi connectivity index (χ0) is 10.2. The molecule has 0 atom stereocenters. The van der Waals surface area contributed by atoms with Crippen LogP contribution in [0.4, 0.5) is 0 Å². The molecule has 0 saturated carbocycles. The minimum atomic E-state index is 0.833. The number of unbranched alkanes of at least 4 members (excludes halogenated alkanes) is 1. The van der Waals surface area contributed by atoms with Crippen molar-refractivity contribution in [3.8, 4) is 0 Å². The second kappa shape index (κ2) is 6.54. The normalized spacial score (nSPS) is 10.7. The molecule has 0 saturated heterocycles. The summed E-state index contributed by atoms with van der Waals surface area (Å²) < 4.78 is 1.92. The lowest BCUT2D eigenvalue weighted by Gasteiger charge is -1.97. The molecule has 0 amide bonds. The van der Waals surface area contributed by atoms with Gasteiger partial charge in [0.05, 0.1) is 5.69 Å². The monoisotopic (exact) mass is 196 g/mol. The molecular weight excluding hydrogens is 176 g/mol. The van der Waals surface area contributed by atoms with E-state index in [1.54, 1.807) is 0 Å². The van der Waals surface area contributed by atoms with Gasteiger partial charge in [-0.25, -0.2) is 0 Å². The van der Waals surface area contributed by atoms with Gasteiger partial charge in [0.1, 0.15) is 0 Å². The summed E-state index contributed by atoms with van der Waals surface area (Å²) in [5.41, 5.74) is 1.04. The molecule has 1 rings (SSSR count). The van der Waals surface area contributed by atoms with E-state index in [1.807, 2.05) is 10.9 Å². The lowest BCUT2D eigenvalue weighted by molar-refractivity contribution is 0.553. The highest BCUT2D eigenvalue weighted by molar-refractivity contribution is 4.91.